The molecule has 3 unspecified atom stereocenters. The zero-order valence-corrected chi connectivity index (χ0v) is 16.8. The van der Waals surface area contributed by atoms with Crippen molar-refractivity contribution in [2.24, 2.45) is 11.8 Å². The summed E-state index contributed by atoms with van der Waals surface area (Å²) in [5.74, 6) is 1.73. The smallest absolute Gasteiger partial charge is 0.0345 e. The number of thiophene rings is 1. The Bertz CT molecular complexity index is 773. The number of likely N-dealkylation sites (N-methyl/N-ethyl adjacent to an activating group) is 1. The summed E-state index contributed by atoms with van der Waals surface area (Å²) in [6, 6.07) is 7.74. The van der Waals surface area contributed by atoms with E-state index in [4.69, 9.17) is 0 Å². The standard InChI is InChI=1S/C21H27NS.ClH/c1-13-12-23-20-8-7-17(11-18(13)20)21-16-6-5-15(9-16)10-19(21)14(2)22(3)4;/h7-8,11-12,14-16H,5-6,9-10H2,1-4H3;1H. The topological polar surface area (TPSA) is 3.24 Å². The molecule has 0 amide bonds. The lowest BCUT2D eigenvalue weighted by atomic mass is 9.77. The minimum atomic E-state index is 0. The van der Waals surface area contributed by atoms with E-state index in [9.17, 15) is 0 Å². The average Bonchev–Trinajstić information content (AvgIpc) is 3.10. The Morgan fingerprint density at radius 2 is 2.00 bits per heavy atom. The number of nitrogens with zero attached hydrogens (tertiary/aromatic N) is 1. The van der Waals surface area contributed by atoms with E-state index < -0.39 is 0 Å². The van der Waals surface area contributed by atoms with Crippen LogP contribution in [0.3, 0.4) is 0 Å². The predicted octanol–water partition coefficient (Wildman–Crippen LogP) is 6.16. The summed E-state index contributed by atoms with van der Waals surface area (Å²) in [6.45, 7) is 4.63. The van der Waals surface area contributed by atoms with Crippen molar-refractivity contribution >= 4 is 39.4 Å². The molecule has 1 heterocycles. The van der Waals surface area contributed by atoms with Crippen LogP contribution in [0.1, 0.15) is 43.7 Å². The number of hydrogen-bond acceptors (Lipinski definition) is 2. The zero-order chi connectivity index (χ0) is 16.1. The minimum absolute atomic E-state index is 0. The number of hydrogen-bond donors (Lipinski definition) is 0. The van der Waals surface area contributed by atoms with Crippen LogP contribution in [0.25, 0.3) is 15.7 Å². The van der Waals surface area contributed by atoms with Crippen molar-refractivity contribution in [2.45, 2.75) is 45.6 Å². The van der Waals surface area contributed by atoms with Gasteiger partial charge in [-0.3, -0.25) is 0 Å². The lowest BCUT2D eigenvalue weighted by molar-refractivity contribution is 0.330. The van der Waals surface area contributed by atoms with Crippen LogP contribution in [-0.2, 0) is 0 Å². The fourth-order valence-electron chi connectivity index (χ4n) is 4.66. The highest BCUT2D eigenvalue weighted by Crippen LogP contribution is 2.50. The van der Waals surface area contributed by atoms with Gasteiger partial charge in [0.25, 0.3) is 0 Å². The van der Waals surface area contributed by atoms with Gasteiger partial charge in [0.15, 0.2) is 0 Å². The van der Waals surface area contributed by atoms with E-state index in [2.05, 4.69) is 56.4 Å². The second-order valence-electron chi connectivity index (χ2n) is 7.79. The number of benzene rings is 1. The van der Waals surface area contributed by atoms with Crippen LogP contribution in [0, 0.1) is 18.8 Å². The molecule has 3 heteroatoms. The molecule has 24 heavy (non-hydrogen) atoms. The molecule has 4 rings (SSSR count). The van der Waals surface area contributed by atoms with Gasteiger partial charge >= 0.3 is 0 Å². The summed E-state index contributed by atoms with van der Waals surface area (Å²) in [5.41, 5.74) is 6.32. The second kappa shape index (κ2) is 6.82. The Morgan fingerprint density at radius 3 is 2.75 bits per heavy atom. The molecule has 1 nitrogen and oxygen atoms in total. The summed E-state index contributed by atoms with van der Waals surface area (Å²) >= 11 is 1.87. The molecule has 1 fully saturated rings. The van der Waals surface area contributed by atoms with E-state index in [0.717, 1.165) is 11.8 Å². The van der Waals surface area contributed by atoms with Crippen LogP contribution < -0.4 is 0 Å². The van der Waals surface area contributed by atoms with Crippen LogP contribution in [0.5, 0.6) is 0 Å². The van der Waals surface area contributed by atoms with Crippen LogP contribution in [-0.4, -0.2) is 25.0 Å². The van der Waals surface area contributed by atoms with Crippen LogP contribution in [0.4, 0.5) is 0 Å². The molecule has 1 aromatic carbocycles. The molecule has 0 radical (unpaired) electrons. The summed E-state index contributed by atoms with van der Waals surface area (Å²) in [7, 11) is 4.44. The molecule has 2 aliphatic carbocycles. The first-order chi connectivity index (χ1) is 11.0. The Hall–Kier alpha value is -0.830. The van der Waals surface area contributed by atoms with Crippen molar-refractivity contribution < 1.29 is 0 Å². The van der Waals surface area contributed by atoms with Crippen LogP contribution >= 0.6 is 23.7 Å². The number of fused-ring (bicyclic) bond motifs is 3. The van der Waals surface area contributed by atoms with Gasteiger partial charge in [0.2, 0.25) is 0 Å². The lowest BCUT2D eigenvalue weighted by Crippen LogP contribution is -2.30. The maximum absolute atomic E-state index is 2.47. The van der Waals surface area contributed by atoms with Gasteiger partial charge in [0, 0.05) is 10.7 Å². The van der Waals surface area contributed by atoms with Crippen molar-refractivity contribution in [2.75, 3.05) is 14.1 Å². The van der Waals surface area contributed by atoms with Gasteiger partial charge in [-0.15, -0.1) is 23.7 Å². The molecule has 0 saturated heterocycles. The minimum Gasteiger partial charge on any atom is -0.303 e. The first-order valence-electron chi connectivity index (χ1n) is 8.92. The average molecular weight is 362 g/mol. The normalized spacial score (nSPS) is 24.5. The quantitative estimate of drug-likeness (QED) is 0.633. The Morgan fingerprint density at radius 1 is 1.21 bits per heavy atom. The zero-order valence-electron chi connectivity index (χ0n) is 15.1. The van der Waals surface area contributed by atoms with Crippen molar-refractivity contribution in [3.63, 3.8) is 0 Å². The Kier molecular flexibility index (Phi) is 5.11. The molecule has 130 valence electrons. The van der Waals surface area contributed by atoms with E-state index in [1.807, 2.05) is 11.3 Å². The highest BCUT2D eigenvalue weighted by Gasteiger charge is 2.36. The van der Waals surface area contributed by atoms with Gasteiger partial charge in [-0.05, 0) is 111 Å². The van der Waals surface area contributed by atoms with Gasteiger partial charge < -0.3 is 4.90 Å². The maximum Gasteiger partial charge on any atom is 0.0345 e. The molecule has 2 bridgehead atoms. The van der Waals surface area contributed by atoms with Gasteiger partial charge in [-0.2, -0.15) is 0 Å². The highest BCUT2D eigenvalue weighted by molar-refractivity contribution is 7.17. The molecule has 2 aliphatic rings. The van der Waals surface area contributed by atoms with Crippen LogP contribution in [0.2, 0.25) is 0 Å². The monoisotopic (exact) mass is 361 g/mol. The molecule has 0 aliphatic heterocycles. The Balaban J connectivity index is 0.00000169. The van der Waals surface area contributed by atoms with E-state index in [0.29, 0.717) is 6.04 Å². The second-order valence-corrected chi connectivity index (χ2v) is 8.70. The van der Waals surface area contributed by atoms with Crippen molar-refractivity contribution in [1.82, 2.24) is 4.90 Å². The highest BCUT2D eigenvalue weighted by atomic mass is 35.5. The van der Waals surface area contributed by atoms with Crippen molar-refractivity contribution in [1.29, 1.82) is 0 Å². The number of aryl methyl sites for hydroxylation is 1. The van der Waals surface area contributed by atoms with E-state index in [1.54, 1.807) is 11.1 Å². The number of allylic oxidation sites excluding steroid dienone is 1. The molecule has 0 spiro atoms. The lowest BCUT2D eigenvalue weighted by Gasteiger charge is -2.33. The summed E-state index contributed by atoms with van der Waals surface area (Å²) in [4.78, 5) is 2.38. The van der Waals surface area contributed by atoms with E-state index in [-0.39, 0.29) is 12.4 Å². The molecule has 3 atom stereocenters. The summed E-state index contributed by atoms with van der Waals surface area (Å²) < 4.78 is 1.43. The summed E-state index contributed by atoms with van der Waals surface area (Å²) in [6.07, 6.45) is 5.55. The molecule has 1 saturated carbocycles. The molecular weight excluding hydrogens is 334 g/mol. The fourth-order valence-corrected chi connectivity index (χ4v) is 5.58. The predicted molar refractivity (Wildman–Crippen MR) is 109 cm³/mol. The Labute approximate surface area is 156 Å². The van der Waals surface area contributed by atoms with Gasteiger partial charge in [0.1, 0.15) is 0 Å². The maximum atomic E-state index is 2.47. The van der Waals surface area contributed by atoms with Gasteiger partial charge in [-0.1, -0.05) is 6.07 Å². The third-order valence-corrected chi connectivity index (χ3v) is 7.24. The van der Waals surface area contributed by atoms with Crippen molar-refractivity contribution in [3.05, 3.63) is 40.3 Å². The summed E-state index contributed by atoms with van der Waals surface area (Å²) in [5, 5.41) is 3.75. The molecule has 1 aromatic heterocycles. The van der Waals surface area contributed by atoms with E-state index >= 15 is 0 Å². The van der Waals surface area contributed by atoms with Gasteiger partial charge in [0.05, 0.1) is 0 Å². The third kappa shape index (κ3) is 2.94. The van der Waals surface area contributed by atoms with Crippen molar-refractivity contribution in [3.8, 4) is 0 Å². The first-order valence-corrected chi connectivity index (χ1v) is 9.80. The number of rotatable bonds is 3. The fraction of sp³-hybridized carbons (Fsp3) is 0.524. The van der Waals surface area contributed by atoms with E-state index in [1.165, 1.54) is 46.9 Å². The molecule has 2 aromatic rings. The first kappa shape index (κ1) is 18.0. The third-order valence-electron chi connectivity index (χ3n) is 6.16. The number of halogens is 1. The molecule has 0 N–H and O–H groups in total. The molecular formula is C21H28ClNS. The largest absolute Gasteiger partial charge is 0.303 e. The van der Waals surface area contributed by atoms with Crippen LogP contribution in [0.15, 0.2) is 29.2 Å². The van der Waals surface area contributed by atoms with Gasteiger partial charge in [-0.25, -0.2) is 0 Å². The SMILES string of the molecule is Cc1csc2ccc(C3=C(C(C)N(C)C)CC4CCC3C4)cc12.Cl.